The number of benzene rings is 1. The summed E-state index contributed by atoms with van der Waals surface area (Å²) in [6.45, 7) is 2.02. The molecule has 0 aliphatic carbocycles. The van der Waals surface area contributed by atoms with Crippen molar-refractivity contribution in [2.24, 2.45) is 0 Å². The SMILES string of the molecule is CCCCCC/C(=C\[I+]c1ccccc1)OS(=O)(=O)C(F)(F)F. The highest BCUT2D eigenvalue weighted by molar-refractivity contribution is 7.87. The quantitative estimate of drug-likeness (QED) is 0.184. The van der Waals surface area contributed by atoms with E-state index < -0.39 is 36.8 Å². The first-order chi connectivity index (χ1) is 10.8. The Kier molecular flexibility index (Phi) is 8.38. The molecule has 0 aliphatic heterocycles. The largest absolute Gasteiger partial charge is 0.534 e. The summed E-state index contributed by atoms with van der Waals surface area (Å²) in [6.07, 6.45) is 3.56. The standard InChI is InChI=1S/C15H19F3IO3S/c1-2-3-4-8-11-14(22-23(20,21)15(16,17)18)12-19-13-9-6-5-7-10-13/h5-7,9-10,12H,2-4,8,11H2,1H3/q+1/b14-12+. The fourth-order valence-electron chi connectivity index (χ4n) is 1.64. The van der Waals surface area contributed by atoms with E-state index in [4.69, 9.17) is 0 Å². The molecule has 0 amide bonds. The van der Waals surface area contributed by atoms with Gasteiger partial charge in [-0.15, -0.1) is 0 Å². The topological polar surface area (TPSA) is 43.4 Å². The molecular weight excluding hydrogens is 444 g/mol. The maximum atomic E-state index is 12.5. The first-order valence-corrected chi connectivity index (χ1v) is 10.9. The molecule has 0 N–H and O–H groups in total. The van der Waals surface area contributed by atoms with Gasteiger partial charge in [-0.05, 0) is 18.6 Å². The molecule has 0 radical (unpaired) electrons. The summed E-state index contributed by atoms with van der Waals surface area (Å²) in [5.41, 5.74) is -5.40. The summed E-state index contributed by atoms with van der Waals surface area (Å²) in [6, 6.07) is 9.22. The van der Waals surface area contributed by atoms with Crippen LogP contribution in [0.15, 0.2) is 40.2 Å². The summed E-state index contributed by atoms with van der Waals surface area (Å²) in [5, 5.41) is 0. The minimum Gasteiger partial charge on any atom is -0.376 e. The Morgan fingerprint density at radius 1 is 1.17 bits per heavy atom. The molecule has 23 heavy (non-hydrogen) atoms. The van der Waals surface area contributed by atoms with Crippen molar-refractivity contribution >= 4 is 10.1 Å². The first kappa shape index (κ1) is 20.3. The predicted molar refractivity (Wildman–Crippen MR) is 78.0 cm³/mol. The smallest absolute Gasteiger partial charge is 0.376 e. The molecule has 0 aromatic heterocycles. The van der Waals surface area contributed by atoms with E-state index in [-0.39, 0.29) is 12.2 Å². The van der Waals surface area contributed by atoms with Gasteiger partial charge in [0.1, 0.15) is 0 Å². The monoisotopic (exact) mass is 463 g/mol. The van der Waals surface area contributed by atoms with Crippen molar-refractivity contribution in [3.05, 3.63) is 43.7 Å². The Labute approximate surface area is 145 Å². The molecule has 1 aromatic rings. The van der Waals surface area contributed by atoms with Crippen LogP contribution in [0.5, 0.6) is 0 Å². The van der Waals surface area contributed by atoms with Gasteiger partial charge < -0.3 is 4.18 Å². The van der Waals surface area contributed by atoms with Gasteiger partial charge in [0.15, 0.2) is 13.4 Å². The minimum absolute atomic E-state index is 0.102. The van der Waals surface area contributed by atoms with Gasteiger partial charge in [-0.2, -0.15) is 21.6 Å². The van der Waals surface area contributed by atoms with Crippen LogP contribution < -0.4 is 21.2 Å². The van der Waals surface area contributed by atoms with E-state index in [0.717, 1.165) is 22.8 Å². The third-order valence-electron chi connectivity index (χ3n) is 2.81. The Hall–Kier alpha value is -0.770. The second kappa shape index (κ2) is 9.51. The lowest BCUT2D eigenvalue weighted by atomic mass is 10.1. The zero-order valence-corrected chi connectivity index (χ0v) is 15.6. The lowest BCUT2D eigenvalue weighted by Gasteiger charge is -2.10. The molecule has 0 unspecified atom stereocenters. The van der Waals surface area contributed by atoms with E-state index in [2.05, 4.69) is 4.18 Å². The molecule has 0 bridgehead atoms. The van der Waals surface area contributed by atoms with Crippen molar-refractivity contribution < 1.29 is 47.0 Å². The van der Waals surface area contributed by atoms with Crippen molar-refractivity contribution in [2.75, 3.05) is 0 Å². The second-order valence-electron chi connectivity index (χ2n) is 4.77. The normalized spacial score (nSPS) is 13.1. The maximum absolute atomic E-state index is 12.5. The van der Waals surface area contributed by atoms with Gasteiger partial charge in [0.25, 0.3) is 0 Å². The van der Waals surface area contributed by atoms with Gasteiger partial charge in [-0.3, -0.25) is 0 Å². The highest BCUT2D eigenvalue weighted by Crippen LogP contribution is 2.27. The van der Waals surface area contributed by atoms with Crippen LogP contribution in [0, 0.1) is 3.57 Å². The molecule has 0 heterocycles. The number of unbranched alkanes of at least 4 members (excludes halogenated alkanes) is 3. The number of hydrogen-bond donors (Lipinski definition) is 0. The van der Waals surface area contributed by atoms with Crippen molar-refractivity contribution in [2.45, 2.75) is 44.5 Å². The molecule has 1 rings (SSSR count). The van der Waals surface area contributed by atoms with Crippen molar-refractivity contribution in [3.8, 4) is 0 Å². The number of allylic oxidation sites excluding steroid dienone is 1. The van der Waals surface area contributed by atoms with E-state index in [1.165, 1.54) is 4.08 Å². The van der Waals surface area contributed by atoms with Gasteiger partial charge in [-0.25, -0.2) is 0 Å². The van der Waals surface area contributed by atoms with Gasteiger partial charge >= 0.3 is 36.8 Å². The summed E-state index contributed by atoms with van der Waals surface area (Å²) in [5.74, 6) is -0.102. The van der Waals surface area contributed by atoms with E-state index in [1.807, 2.05) is 37.3 Å². The molecule has 0 spiro atoms. The predicted octanol–water partition coefficient (Wildman–Crippen LogP) is 1.62. The number of halogens is 4. The molecule has 0 saturated carbocycles. The molecule has 0 atom stereocenters. The molecule has 0 saturated heterocycles. The molecule has 0 fully saturated rings. The first-order valence-electron chi connectivity index (χ1n) is 7.14. The fourth-order valence-corrected chi connectivity index (χ4v) is 4.30. The van der Waals surface area contributed by atoms with Crippen LogP contribution in [0.25, 0.3) is 0 Å². The van der Waals surface area contributed by atoms with Gasteiger partial charge in [0.05, 0.1) is 0 Å². The number of alkyl halides is 3. The van der Waals surface area contributed by atoms with Crippen molar-refractivity contribution in [3.63, 3.8) is 0 Å². The van der Waals surface area contributed by atoms with Crippen LogP contribution >= 0.6 is 0 Å². The van der Waals surface area contributed by atoms with Crippen LogP contribution in [0.3, 0.4) is 0 Å². The summed E-state index contributed by atoms with van der Waals surface area (Å²) in [7, 11) is -5.59. The second-order valence-corrected chi connectivity index (χ2v) is 8.80. The fraction of sp³-hybridized carbons (Fsp3) is 0.467. The highest BCUT2D eigenvalue weighted by Gasteiger charge is 2.49. The Morgan fingerprint density at radius 2 is 1.83 bits per heavy atom. The van der Waals surface area contributed by atoms with Crippen LogP contribution in [0.2, 0.25) is 0 Å². The van der Waals surface area contributed by atoms with E-state index in [0.29, 0.717) is 6.42 Å². The Bertz CT molecular complexity index is 598. The van der Waals surface area contributed by atoms with Crippen LogP contribution in [0.1, 0.15) is 39.0 Å². The lowest BCUT2D eigenvalue weighted by molar-refractivity contribution is -0.558. The van der Waals surface area contributed by atoms with Crippen LogP contribution in [0.4, 0.5) is 13.2 Å². The minimum atomic E-state index is -5.59. The molecule has 1 aromatic carbocycles. The van der Waals surface area contributed by atoms with E-state index in [1.54, 1.807) is 0 Å². The Morgan fingerprint density at radius 3 is 2.39 bits per heavy atom. The van der Waals surface area contributed by atoms with Crippen LogP contribution in [-0.4, -0.2) is 13.9 Å². The van der Waals surface area contributed by atoms with E-state index in [9.17, 15) is 21.6 Å². The average Bonchev–Trinajstić information content (AvgIpc) is 2.48. The van der Waals surface area contributed by atoms with Crippen LogP contribution in [-0.2, 0) is 14.3 Å². The highest BCUT2D eigenvalue weighted by atomic mass is 127. The van der Waals surface area contributed by atoms with E-state index >= 15 is 0 Å². The third kappa shape index (κ3) is 7.56. The molecule has 0 aliphatic rings. The Balaban J connectivity index is 2.80. The van der Waals surface area contributed by atoms with Crippen molar-refractivity contribution in [1.29, 1.82) is 0 Å². The molecule has 8 heteroatoms. The summed E-state index contributed by atoms with van der Waals surface area (Å²) >= 11 is -0.750. The zero-order chi connectivity index (χ0) is 17.3. The molecular formula is C15H19F3IO3S+. The molecule has 3 nitrogen and oxygen atoms in total. The van der Waals surface area contributed by atoms with Crippen molar-refractivity contribution in [1.82, 2.24) is 0 Å². The molecule has 130 valence electrons. The van der Waals surface area contributed by atoms with Gasteiger partial charge in [-0.1, -0.05) is 44.4 Å². The number of rotatable bonds is 9. The van der Waals surface area contributed by atoms with Gasteiger partial charge in [0.2, 0.25) is 0 Å². The average molecular weight is 463 g/mol. The lowest BCUT2D eigenvalue weighted by Crippen LogP contribution is -3.59. The number of hydrogen-bond acceptors (Lipinski definition) is 3. The van der Waals surface area contributed by atoms with Gasteiger partial charge in [0, 0.05) is 6.42 Å². The third-order valence-corrected chi connectivity index (χ3v) is 6.26. The zero-order valence-electron chi connectivity index (χ0n) is 12.6. The summed E-state index contributed by atoms with van der Waals surface area (Å²) < 4.78 is 66.6. The maximum Gasteiger partial charge on any atom is 0.534 e. The summed E-state index contributed by atoms with van der Waals surface area (Å²) in [4.78, 5) is 0.